The minimum absolute atomic E-state index is 0.0496. The molecule has 98 valence electrons. The highest BCUT2D eigenvalue weighted by Crippen LogP contribution is 2.70. The fourth-order valence-electron chi connectivity index (χ4n) is 4.25. The lowest BCUT2D eigenvalue weighted by Gasteiger charge is -2.27. The normalized spacial score (nSPS) is 45.2. The van der Waals surface area contributed by atoms with Gasteiger partial charge in [0.2, 0.25) is 0 Å². The highest BCUT2D eigenvalue weighted by Gasteiger charge is 2.66. The molecule has 0 aromatic heterocycles. The monoisotopic (exact) mass is 248 g/mol. The fourth-order valence-corrected chi connectivity index (χ4v) is 4.25. The van der Waals surface area contributed by atoms with Crippen molar-refractivity contribution in [1.82, 2.24) is 0 Å². The van der Waals surface area contributed by atoms with Gasteiger partial charge >= 0.3 is 5.97 Å². The Morgan fingerprint density at radius 3 is 2.94 bits per heavy atom. The van der Waals surface area contributed by atoms with Gasteiger partial charge < -0.3 is 9.53 Å². The molecule has 1 aliphatic heterocycles. The van der Waals surface area contributed by atoms with E-state index in [0.717, 1.165) is 19.3 Å². The van der Waals surface area contributed by atoms with Crippen molar-refractivity contribution in [3.63, 3.8) is 0 Å². The first-order chi connectivity index (χ1) is 8.43. The van der Waals surface area contributed by atoms with Crippen molar-refractivity contribution < 1.29 is 14.3 Å². The predicted molar refractivity (Wildman–Crippen MR) is 66.7 cm³/mol. The van der Waals surface area contributed by atoms with Crippen LogP contribution >= 0.6 is 0 Å². The number of hydrogen-bond acceptors (Lipinski definition) is 3. The van der Waals surface area contributed by atoms with Gasteiger partial charge in [-0.25, -0.2) is 4.79 Å². The molecule has 0 bridgehead atoms. The second kappa shape index (κ2) is 3.69. The Hall–Kier alpha value is -1.12. The van der Waals surface area contributed by atoms with E-state index in [1.807, 2.05) is 0 Å². The predicted octanol–water partition coefficient (Wildman–Crippen LogP) is 2.50. The van der Waals surface area contributed by atoms with E-state index in [0.29, 0.717) is 29.2 Å². The summed E-state index contributed by atoms with van der Waals surface area (Å²) < 4.78 is 5.41. The summed E-state index contributed by atoms with van der Waals surface area (Å²) >= 11 is 0. The van der Waals surface area contributed by atoms with Gasteiger partial charge in [-0.05, 0) is 43.4 Å². The van der Waals surface area contributed by atoms with E-state index in [4.69, 9.17) is 4.74 Å². The maximum atomic E-state index is 11.5. The van der Waals surface area contributed by atoms with Crippen LogP contribution in [0.15, 0.2) is 12.2 Å². The number of carbonyl (C=O) groups excluding carboxylic acids is 2. The molecule has 0 N–H and O–H groups in total. The van der Waals surface area contributed by atoms with Crippen molar-refractivity contribution >= 4 is 11.8 Å². The van der Waals surface area contributed by atoms with Crippen LogP contribution in [0, 0.1) is 23.2 Å². The lowest BCUT2D eigenvalue weighted by molar-refractivity contribution is -0.140. The molecule has 0 amide bonds. The fraction of sp³-hybridized carbons (Fsp3) is 0.733. The third kappa shape index (κ3) is 1.56. The summed E-state index contributed by atoms with van der Waals surface area (Å²) in [5.41, 5.74) is 0.959. The molecule has 1 saturated heterocycles. The van der Waals surface area contributed by atoms with Gasteiger partial charge in [-0.2, -0.15) is 0 Å². The van der Waals surface area contributed by atoms with Crippen LogP contribution in [0.4, 0.5) is 0 Å². The third-order valence-corrected chi connectivity index (χ3v) is 5.44. The molecule has 3 fully saturated rings. The maximum Gasteiger partial charge on any atom is 0.334 e. The zero-order chi connectivity index (χ0) is 13.1. The number of ketones is 1. The Bertz CT molecular complexity index is 439. The summed E-state index contributed by atoms with van der Waals surface area (Å²) in [5, 5.41) is 0. The summed E-state index contributed by atoms with van der Waals surface area (Å²) in [6, 6.07) is 0. The summed E-state index contributed by atoms with van der Waals surface area (Å²) in [5.74, 6) is 1.61. The van der Waals surface area contributed by atoms with Gasteiger partial charge in [0.25, 0.3) is 0 Å². The average molecular weight is 248 g/mol. The first-order valence-electron chi connectivity index (χ1n) is 6.82. The van der Waals surface area contributed by atoms with Crippen molar-refractivity contribution in [2.45, 2.75) is 45.6 Å². The van der Waals surface area contributed by atoms with Crippen molar-refractivity contribution in [2.75, 3.05) is 0 Å². The molecule has 5 atom stereocenters. The zero-order valence-electron chi connectivity index (χ0n) is 11.1. The molecular weight excluding hydrogens is 228 g/mol. The molecule has 2 aliphatic carbocycles. The van der Waals surface area contributed by atoms with E-state index in [1.165, 1.54) is 0 Å². The van der Waals surface area contributed by atoms with E-state index >= 15 is 0 Å². The van der Waals surface area contributed by atoms with Crippen LogP contribution in [-0.4, -0.2) is 17.9 Å². The molecule has 2 saturated carbocycles. The number of hydrogen-bond donors (Lipinski definition) is 0. The number of rotatable bonds is 3. The Morgan fingerprint density at radius 2 is 2.28 bits per heavy atom. The van der Waals surface area contributed by atoms with Crippen LogP contribution in [0.1, 0.15) is 39.5 Å². The highest BCUT2D eigenvalue weighted by molar-refractivity contribution is 5.90. The van der Waals surface area contributed by atoms with Crippen molar-refractivity contribution in [3.05, 3.63) is 12.2 Å². The van der Waals surface area contributed by atoms with Gasteiger partial charge in [-0.3, -0.25) is 0 Å². The van der Waals surface area contributed by atoms with E-state index in [1.54, 1.807) is 6.92 Å². The van der Waals surface area contributed by atoms with Gasteiger partial charge in [0, 0.05) is 17.9 Å². The minimum atomic E-state index is -0.199. The van der Waals surface area contributed by atoms with Crippen LogP contribution in [0.25, 0.3) is 0 Å². The Labute approximate surface area is 108 Å². The standard InChI is InChI=1S/C15H20O3/c1-8(16)4-5-11-12-6-10-9(2)14(17)18-13(10)7-15(11,12)3/h10-13H,2,4-7H2,1,3H3/t10-,11+,12-,13+,15-/m1/s1. The molecule has 1 heterocycles. The second-order valence-electron chi connectivity index (χ2n) is 6.47. The summed E-state index contributed by atoms with van der Waals surface area (Å²) in [6.07, 6.45) is 3.71. The third-order valence-electron chi connectivity index (χ3n) is 5.44. The SMILES string of the molecule is C=C1C(=O)O[C@H]2C[C@@]3(C)[C@H](C[C@H]12)[C@@H]3CCC(C)=O. The van der Waals surface area contributed by atoms with Crippen molar-refractivity contribution in [2.24, 2.45) is 23.2 Å². The molecule has 3 rings (SSSR count). The average Bonchev–Trinajstić information content (AvgIpc) is 2.77. The quantitative estimate of drug-likeness (QED) is 0.569. The molecule has 3 nitrogen and oxygen atoms in total. The number of Topliss-reactive ketones (excluding diaryl/α,β-unsaturated/α-hetero) is 1. The van der Waals surface area contributed by atoms with Crippen LogP contribution in [0.5, 0.6) is 0 Å². The van der Waals surface area contributed by atoms with Crippen molar-refractivity contribution in [3.8, 4) is 0 Å². The van der Waals surface area contributed by atoms with E-state index in [2.05, 4.69) is 13.5 Å². The Balaban J connectivity index is 1.69. The zero-order valence-corrected chi connectivity index (χ0v) is 11.1. The lowest BCUT2D eigenvalue weighted by atomic mass is 9.79. The molecule has 3 aliphatic rings. The van der Waals surface area contributed by atoms with Crippen molar-refractivity contribution in [1.29, 1.82) is 0 Å². The number of esters is 1. The molecular formula is C15H20O3. The summed E-state index contributed by atoms with van der Waals surface area (Å²) in [4.78, 5) is 22.6. The number of carbonyl (C=O) groups is 2. The first kappa shape index (κ1) is 11.9. The van der Waals surface area contributed by atoms with Crippen LogP contribution < -0.4 is 0 Å². The lowest BCUT2D eigenvalue weighted by Crippen LogP contribution is -2.26. The number of fused-ring (bicyclic) bond motifs is 2. The van der Waals surface area contributed by atoms with E-state index in [-0.39, 0.29) is 23.8 Å². The van der Waals surface area contributed by atoms with Crippen LogP contribution in [0.2, 0.25) is 0 Å². The molecule has 0 unspecified atom stereocenters. The minimum Gasteiger partial charge on any atom is -0.458 e. The van der Waals surface area contributed by atoms with Crippen LogP contribution in [-0.2, 0) is 14.3 Å². The highest BCUT2D eigenvalue weighted by atomic mass is 16.6. The van der Waals surface area contributed by atoms with Gasteiger partial charge in [0.05, 0.1) is 0 Å². The number of ether oxygens (including phenoxy) is 1. The Morgan fingerprint density at radius 1 is 1.56 bits per heavy atom. The largest absolute Gasteiger partial charge is 0.458 e. The summed E-state index contributed by atoms with van der Waals surface area (Å²) in [7, 11) is 0. The second-order valence-corrected chi connectivity index (χ2v) is 6.47. The van der Waals surface area contributed by atoms with Gasteiger partial charge in [-0.15, -0.1) is 0 Å². The van der Waals surface area contributed by atoms with Gasteiger partial charge in [0.1, 0.15) is 11.9 Å². The first-order valence-corrected chi connectivity index (χ1v) is 6.82. The van der Waals surface area contributed by atoms with Gasteiger partial charge in [-0.1, -0.05) is 13.5 Å². The topological polar surface area (TPSA) is 43.4 Å². The van der Waals surface area contributed by atoms with Gasteiger partial charge in [0.15, 0.2) is 0 Å². The molecule has 18 heavy (non-hydrogen) atoms. The molecule has 0 spiro atoms. The maximum absolute atomic E-state index is 11.5. The van der Waals surface area contributed by atoms with E-state index in [9.17, 15) is 9.59 Å². The molecule has 0 aromatic carbocycles. The smallest absolute Gasteiger partial charge is 0.334 e. The molecule has 0 aromatic rings. The van der Waals surface area contributed by atoms with Crippen LogP contribution in [0.3, 0.4) is 0 Å². The van der Waals surface area contributed by atoms with E-state index < -0.39 is 0 Å². The molecule has 0 radical (unpaired) electrons. The molecule has 3 heteroatoms. The summed E-state index contributed by atoms with van der Waals surface area (Å²) in [6.45, 7) is 7.81. The Kier molecular flexibility index (Phi) is 2.45.